The summed E-state index contributed by atoms with van der Waals surface area (Å²) >= 11 is 6.11. The summed E-state index contributed by atoms with van der Waals surface area (Å²) in [5.41, 5.74) is 0.976. The quantitative estimate of drug-likeness (QED) is 0.789. The van der Waals surface area contributed by atoms with Gasteiger partial charge in [-0.1, -0.05) is 48.9 Å². The van der Waals surface area contributed by atoms with E-state index in [0.29, 0.717) is 17.0 Å². The summed E-state index contributed by atoms with van der Waals surface area (Å²) in [6.45, 7) is 4.32. The Morgan fingerprint density at radius 2 is 1.89 bits per heavy atom. The lowest BCUT2D eigenvalue weighted by Gasteiger charge is -2.25. The first-order valence-corrected chi connectivity index (χ1v) is 6.82. The smallest absolute Gasteiger partial charge is 0.163 e. The van der Waals surface area contributed by atoms with E-state index in [1.807, 2.05) is 37.4 Å². The molecule has 0 aliphatic heterocycles. The van der Waals surface area contributed by atoms with Crippen molar-refractivity contribution in [3.63, 3.8) is 0 Å². The van der Waals surface area contributed by atoms with E-state index in [-0.39, 0.29) is 0 Å². The van der Waals surface area contributed by atoms with Gasteiger partial charge >= 0.3 is 0 Å². The summed E-state index contributed by atoms with van der Waals surface area (Å²) in [4.78, 5) is 11.0. The first kappa shape index (κ1) is 13.8. The minimum Gasteiger partial charge on any atom is -0.357 e. The molecule has 0 bridgehead atoms. The molecule has 1 aromatic heterocycles. The molecule has 0 saturated carbocycles. The number of nitrogens with zero attached hydrogens (tertiary/aromatic N) is 3. The van der Waals surface area contributed by atoms with Crippen LogP contribution < -0.4 is 4.90 Å². The third kappa shape index (κ3) is 3.24. The zero-order chi connectivity index (χ0) is 13.8. The molecule has 100 valence electrons. The second-order valence-electron chi connectivity index (χ2n) is 4.61. The lowest BCUT2D eigenvalue weighted by molar-refractivity contribution is 0.656. The maximum absolute atomic E-state index is 6.11. The molecule has 4 heteroatoms. The Labute approximate surface area is 119 Å². The van der Waals surface area contributed by atoms with Crippen molar-refractivity contribution in [3.8, 4) is 11.4 Å². The minimum absolute atomic E-state index is 0.412. The molecule has 1 aromatic carbocycles. The van der Waals surface area contributed by atoms with Gasteiger partial charge in [0.15, 0.2) is 5.82 Å². The minimum atomic E-state index is 0.412. The number of benzene rings is 1. The van der Waals surface area contributed by atoms with Crippen LogP contribution in [0.2, 0.25) is 5.15 Å². The molecule has 0 amide bonds. The fourth-order valence-corrected chi connectivity index (χ4v) is 1.98. The molecular weight excluding hydrogens is 258 g/mol. The molecule has 0 fully saturated rings. The summed E-state index contributed by atoms with van der Waals surface area (Å²) < 4.78 is 0. The number of hydrogen-bond acceptors (Lipinski definition) is 3. The van der Waals surface area contributed by atoms with E-state index >= 15 is 0 Å². The highest BCUT2D eigenvalue weighted by atomic mass is 35.5. The van der Waals surface area contributed by atoms with Crippen molar-refractivity contribution < 1.29 is 0 Å². The van der Waals surface area contributed by atoms with Gasteiger partial charge in [0.25, 0.3) is 0 Å². The van der Waals surface area contributed by atoms with Crippen LogP contribution in [0.3, 0.4) is 0 Å². The SMILES string of the molecule is CCC(C)N(C)c1cc(Cl)nc(-c2ccccc2)n1. The monoisotopic (exact) mass is 275 g/mol. The highest BCUT2D eigenvalue weighted by Gasteiger charge is 2.12. The molecule has 2 aromatic rings. The Bertz CT molecular complexity index is 542. The van der Waals surface area contributed by atoms with Crippen LogP contribution in [0.25, 0.3) is 11.4 Å². The second-order valence-corrected chi connectivity index (χ2v) is 4.99. The topological polar surface area (TPSA) is 29.0 Å². The van der Waals surface area contributed by atoms with Gasteiger partial charge in [-0.25, -0.2) is 9.97 Å². The zero-order valence-corrected chi connectivity index (χ0v) is 12.2. The Balaban J connectivity index is 2.40. The molecule has 0 aliphatic carbocycles. The average Bonchev–Trinajstić information content (AvgIpc) is 2.46. The van der Waals surface area contributed by atoms with Crippen LogP contribution in [-0.4, -0.2) is 23.1 Å². The Kier molecular flexibility index (Phi) is 4.38. The van der Waals surface area contributed by atoms with Crippen molar-refractivity contribution in [3.05, 3.63) is 41.6 Å². The van der Waals surface area contributed by atoms with Crippen molar-refractivity contribution >= 4 is 17.4 Å². The molecule has 1 heterocycles. The zero-order valence-electron chi connectivity index (χ0n) is 11.5. The number of aromatic nitrogens is 2. The van der Waals surface area contributed by atoms with Gasteiger partial charge in [-0.15, -0.1) is 0 Å². The Morgan fingerprint density at radius 3 is 2.53 bits per heavy atom. The summed E-state index contributed by atoms with van der Waals surface area (Å²) in [6, 6.07) is 12.1. The molecule has 0 spiro atoms. The molecule has 3 nitrogen and oxygen atoms in total. The van der Waals surface area contributed by atoms with E-state index in [4.69, 9.17) is 11.6 Å². The first-order chi connectivity index (χ1) is 9.11. The van der Waals surface area contributed by atoms with Crippen molar-refractivity contribution in [2.75, 3.05) is 11.9 Å². The molecular formula is C15H18ClN3. The van der Waals surface area contributed by atoms with Crippen LogP contribution in [-0.2, 0) is 0 Å². The lowest BCUT2D eigenvalue weighted by Crippen LogP contribution is -2.29. The third-order valence-electron chi connectivity index (χ3n) is 3.33. The molecule has 0 radical (unpaired) electrons. The van der Waals surface area contributed by atoms with Crippen LogP contribution in [0.15, 0.2) is 36.4 Å². The Morgan fingerprint density at radius 1 is 1.21 bits per heavy atom. The standard InChI is InChI=1S/C15H18ClN3/c1-4-11(2)19(3)14-10-13(16)17-15(18-14)12-8-6-5-7-9-12/h5-11H,4H2,1-3H3. The van der Waals surface area contributed by atoms with E-state index in [1.165, 1.54) is 0 Å². The highest BCUT2D eigenvalue weighted by molar-refractivity contribution is 6.29. The van der Waals surface area contributed by atoms with Gasteiger partial charge in [0.1, 0.15) is 11.0 Å². The van der Waals surface area contributed by atoms with Crippen molar-refractivity contribution in [2.24, 2.45) is 0 Å². The van der Waals surface area contributed by atoms with Gasteiger partial charge in [-0.3, -0.25) is 0 Å². The lowest BCUT2D eigenvalue weighted by atomic mass is 10.2. The van der Waals surface area contributed by atoms with Crippen LogP contribution in [0.5, 0.6) is 0 Å². The summed E-state index contributed by atoms with van der Waals surface area (Å²) in [7, 11) is 2.03. The number of rotatable bonds is 4. The second kappa shape index (κ2) is 6.02. The van der Waals surface area contributed by atoms with E-state index in [0.717, 1.165) is 17.8 Å². The predicted molar refractivity (Wildman–Crippen MR) is 80.6 cm³/mol. The van der Waals surface area contributed by atoms with E-state index in [1.54, 1.807) is 6.07 Å². The molecule has 2 rings (SSSR count). The number of halogens is 1. The third-order valence-corrected chi connectivity index (χ3v) is 3.52. The van der Waals surface area contributed by atoms with Crippen LogP contribution >= 0.6 is 11.6 Å². The van der Waals surface area contributed by atoms with Gasteiger partial charge in [-0.2, -0.15) is 0 Å². The fraction of sp³-hybridized carbons (Fsp3) is 0.333. The molecule has 1 unspecified atom stereocenters. The van der Waals surface area contributed by atoms with E-state index < -0.39 is 0 Å². The molecule has 0 saturated heterocycles. The van der Waals surface area contributed by atoms with Gasteiger partial charge in [0, 0.05) is 24.7 Å². The van der Waals surface area contributed by atoms with E-state index in [9.17, 15) is 0 Å². The van der Waals surface area contributed by atoms with Gasteiger partial charge in [0.05, 0.1) is 0 Å². The van der Waals surface area contributed by atoms with Crippen LogP contribution in [0, 0.1) is 0 Å². The molecule has 19 heavy (non-hydrogen) atoms. The summed E-state index contributed by atoms with van der Waals surface area (Å²) in [5.74, 6) is 1.52. The van der Waals surface area contributed by atoms with E-state index in [2.05, 4.69) is 28.7 Å². The average molecular weight is 276 g/mol. The van der Waals surface area contributed by atoms with Crippen LogP contribution in [0.1, 0.15) is 20.3 Å². The molecule has 0 N–H and O–H groups in total. The van der Waals surface area contributed by atoms with Crippen LogP contribution in [0.4, 0.5) is 5.82 Å². The number of hydrogen-bond donors (Lipinski definition) is 0. The normalized spacial score (nSPS) is 12.2. The van der Waals surface area contributed by atoms with Crippen molar-refractivity contribution in [1.29, 1.82) is 0 Å². The highest BCUT2D eigenvalue weighted by Crippen LogP contribution is 2.23. The number of anilines is 1. The summed E-state index contributed by atoms with van der Waals surface area (Å²) in [5, 5.41) is 0.471. The summed E-state index contributed by atoms with van der Waals surface area (Å²) in [6.07, 6.45) is 1.05. The van der Waals surface area contributed by atoms with Gasteiger partial charge in [-0.05, 0) is 13.3 Å². The first-order valence-electron chi connectivity index (χ1n) is 6.44. The van der Waals surface area contributed by atoms with Crippen molar-refractivity contribution in [1.82, 2.24) is 9.97 Å². The fourth-order valence-electron chi connectivity index (χ4n) is 1.80. The maximum Gasteiger partial charge on any atom is 0.163 e. The Hall–Kier alpha value is -1.61. The molecule has 1 atom stereocenters. The predicted octanol–water partition coefficient (Wildman–Crippen LogP) is 4.03. The maximum atomic E-state index is 6.11. The van der Waals surface area contributed by atoms with Crippen molar-refractivity contribution in [2.45, 2.75) is 26.3 Å². The largest absolute Gasteiger partial charge is 0.357 e. The molecule has 0 aliphatic rings. The van der Waals surface area contributed by atoms with Gasteiger partial charge < -0.3 is 4.90 Å². The van der Waals surface area contributed by atoms with Gasteiger partial charge in [0.2, 0.25) is 0 Å².